The molecule has 28 heavy (non-hydrogen) atoms. The first-order valence-electron chi connectivity index (χ1n) is 9.07. The number of nitrogens with zero attached hydrogens (tertiary/aromatic N) is 5. The zero-order chi connectivity index (χ0) is 20.1. The highest BCUT2D eigenvalue weighted by Gasteiger charge is 2.13. The van der Waals surface area contributed by atoms with Crippen LogP contribution in [0.15, 0.2) is 66.1 Å². The molecule has 0 aliphatic carbocycles. The van der Waals surface area contributed by atoms with Crippen LogP contribution in [0.4, 0.5) is 4.79 Å². The number of benzene rings is 2. The van der Waals surface area contributed by atoms with Crippen molar-refractivity contribution in [2.75, 3.05) is 21.1 Å². The first kappa shape index (κ1) is 20.1. The molecule has 7 heteroatoms. The molecular weight excluding hydrogens is 370 g/mol. The van der Waals surface area contributed by atoms with E-state index < -0.39 is 0 Å². The van der Waals surface area contributed by atoms with Crippen LogP contribution in [0, 0.1) is 0 Å². The monoisotopic (exact) mass is 395 g/mol. The van der Waals surface area contributed by atoms with E-state index in [1.54, 1.807) is 30.0 Å². The van der Waals surface area contributed by atoms with Gasteiger partial charge in [-0.2, -0.15) is 5.10 Å². The van der Waals surface area contributed by atoms with Crippen LogP contribution in [0.2, 0.25) is 0 Å². The van der Waals surface area contributed by atoms with Crippen LogP contribution in [-0.2, 0) is 6.54 Å². The van der Waals surface area contributed by atoms with Crippen molar-refractivity contribution >= 4 is 17.0 Å². The van der Waals surface area contributed by atoms with Gasteiger partial charge >= 0.3 is 0 Å². The number of carbonyl (C=O) groups is 1. The number of hydrogen-bond donors (Lipinski definition) is 0. The van der Waals surface area contributed by atoms with Gasteiger partial charge in [0.1, 0.15) is 12.7 Å². The fraction of sp³-hybridized carbons (Fsp3) is 0.286. The topological polar surface area (TPSA) is 54.3 Å². The lowest BCUT2D eigenvalue weighted by molar-refractivity contribution is 0.241. The smallest absolute Gasteiger partial charge is 0.285 e. The van der Waals surface area contributed by atoms with Crippen LogP contribution in [0.1, 0.15) is 24.1 Å². The maximum Gasteiger partial charge on any atom is 0.285 e. The van der Waals surface area contributed by atoms with Crippen LogP contribution in [0.3, 0.4) is 0 Å². The largest absolute Gasteiger partial charge is 0.339 e. The lowest BCUT2D eigenvalue weighted by Gasteiger charge is -2.25. The van der Waals surface area contributed by atoms with Gasteiger partial charge in [-0.05, 0) is 61.1 Å². The minimum absolute atomic E-state index is 0.0337. The molecule has 3 rings (SSSR count). The predicted molar refractivity (Wildman–Crippen MR) is 113 cm³/mol. The summed E-state index contributed by atoms with van der Waals surface area (Å²) in [7, 11) is 5.65. The molecule has 1 atom stereocenters. The minimum atomic E-state index is 0.0337. The second-order valence-electron chi connectivity index (χ2n) is 6.93. The summed E-state index contributed by atoms with van der Waals surface area (Å²) >= 11 is 1.25. The predicted octanol–water partition coefficient (Wildman–Crippen LogP) is 4.23. The van der Waals surface area contributed by atoms with E-state index in [0.717, 1.165) is 17.1 Å². The lowest BCUT2D eigenvalue weighted by atomic mass is 10.1. The maximum absolute atomic E-state index is 11.9. The van der Waals surface area contributed by atoms with E-state index in [9.17, 15) is 4.79 Å². The number of rotatable bonds is 6. The Morgan fingerprint density at radius 1 is 1.14 bits per heavy atom. The summed E-state index contributed by atoms with van der Waals surface area (Å²) in [5.74, 6) is 0. The van der Waals surface area contributed by atoms with Gasteiger partial charge < -0.3 is 4.90 Å². The summed E-state index contributed by atoms with van der Waals surface area (Å²) in [5, 5.41) is 4.19. The highest BCUT2D eigenvalue weighted by atomic mass is 32.2. The molecule has 146 valence electrons. The quantitative estimate of drug-likeness (QED) is 0.585. The fourth-order valence-corrected chi connectivity index (χ4v) is 3.57. The van der Waals surface area contributed by atoms with Gasteiger partial charge in [0, 0.05) is 31.6 Å². The highest BCUT2D eigenvalue weighted by molar-refractivity contribution is 8.13. The van der Waals surface area contributed by atoms with E-state index in [1.165, 1.54) is 29.2 Å². The Hall–Kier alpha value is -2.64. The van der Waals surface area contributed by atoms with Crippen molar-refractivity contribution in [2.45, 2.75) is 24.4 Å². The molecule has 0 spiro atoms. The van der Waals surface area contributed by atoms with Gasteiger partial charge in [0.25, 0.3) is 5.24 Å². The molecule has 1 aromatic heterocycles. The summed E-state index contributed by atoms with van der Waals surface area (Å²) < 4.78 is 1.75. The average molecular weight is 396 g/mol. The van der Waals surface area contributed by atoms with E-state index in [-0.39, 0.29) is 11.3 Å². The summed E-state index contributed by atoms with van der Waals surface area (Å²) in [5.41, 5.74) is 3.41. The molecule has 0 aliphatic heterocycles. The third kappa shape index (κ3) is 4.99. The molecule has 2 aromatic carbocycles. The molecule has 0 N–H and O–H groups in total. The van der Waals surface area contributed by atoms with Crippen LogP contribution in [0.5, 0.6) is 0 Å². The minimum Gasteiger partial charge on any atom is -0.339 e. The summed E-state index contributed by atoms with van der Waals surface area (Å²) in [6, 6.07) is 16.8. The molecule has 0 bridgehead atoms. The van der Waals surface area contributed by atoms with Crippen LogP contribution < -0.4 is 0 Å². The molecule has 3 aromatic rings. The standard InChI is InChI=1S/C21H25N5OS/c1-16(18-8-10-19(11-9-18)26-15-22-14-23-26)25(4)13-17-6-5-7-20(12-17)28-21(27)24(2)3/h5-12,14-16H,13H2,1-4H3/t16-/m0/s1. The Balaban J connectivity index is 1.65. The highest BCUT2D eigenvalue weighted by Crippen LogP contribution is 2.25. The first-order chi connectivity index (χ1) is 13.4. The van der Waals surface area contributed by atoms with Crippen LogP contribution >= 0.6 is 11.8 Å². The number of hydrogen-bond acceptors (Lipinski definition) is 5. The van der Waals surface area contributed by atoms with Crippen molar-refractivity contribution in [2.24, 2.45) is 0 Å². The molecule has 6 nitrogen and oxygen atoms in total. The van der Waals surface area contributed by atoms with Crippen LogP contribution in [-0.4, -0.2) is 50.9 Å². The molecule has 0 fully saturated rings. The van der Waals surface area contributed by atoms with Crippen molar-refractivity contribution in [3.8, 4) is 5.69 Å². The molecular formula is C21H25N5OS. The summed E-state index contributed by atoms with van der Waals surface area (Å²) in [4.78, 5) is 20.8. The van der Waals surface area contributed by atoms with Crippen molar-refractivity contribution in [3.63, 3.8) is 0 Å². The third-order valence-electron chi connectivity index (χ3n) is 4.62. The number of aromatic nitrogens is 3. The lowest BCUT2D eigenvalue weighted by Crippen LogP contribution is -2.22. The van der Waals surface area contributed by atoms with Gasteiger partial charge in [-0.3, -0.25) is 9.69 Å². The third-order valence-corrected chi connectivity index (χ3v) is 5.65. The average Bonchev–Trinajstić information content (AvgIpc) is 3.22. The Morgan fingerprint density at radius 2 is 1.89 bits per heavy atom. The molecule has 1 amide bonds. The molecule has 0 unspecified atom stereocenters. The van der Waals surface area contributed by atoms with E-state index in [0.29, 0.717) is 0 Å². The summed E-state index contributed by atoms with van der Waals surface area (Å²) in [6.07, 6.45) is 3.22. The van der Waals surface area contributed by atoms with Gasteiger partial charge in [-0.1, -0.05) is 24.3 Å². The van der Waals surface area contributed by atoms with Gasteiger partial charge in [0.15, 0.2) is 0 Å². The fourth-order valence-electron chi connectivity index (χ4n) is 2.83. The molecule has 0 saturated heterocycles. The van der Waals surface area contributed by atoms with Gasteiger partial charge in [0.2, 0.25) is 0 Å². The second-order valence-corrected chi connectivity index (χ2v) is 7.96. The van der Waals surface area contributed by atoms with Crippen molar-refractivity contribution < 1.29 is 4.79 Å². The zero-order valence-corrected chi connectivity index (χ0v) is 17.4. The Kier molecular flexibility index (Phi) is 6.49. The molecule has 0 radical (unpaired) electrons. The van der Waals surface area contributed by atoms with Crippen LogP contribution in [0.25, 0.3) is 5.69 Å². The Labute approximate surface area is 170 Å². The molecule has 0 saturated carbocycles. The number of thioether (sulfide) groups is 1. The Bertz CT molecular complexity index is 909. The van der Waals surface area contributed by atoms with Crippen molar-refractivity contribution in [1.82, 2.24) is 24.6 Å². The zero-order valence-electron chi connectivity index (χ0n) is 16.6. The van der Waals surface area contributed by atoms with Crippen molar-refractivity contribution in [1.29, 1.82) is 0 Å². The van der Waals surface area contributed by atoms with Gasteiger partial charge in [0.05, 0.1) is 5.69 Å². The maximum atomic E-state index is 11.9. The second kappa shape index (κ2) is 9.03. The molecule has 1 heterocycles. The molecule has 0 aliphatic rings. The number of carbonyl (C=O) groups excluding carboxylic acids is 1. The van der Waals surface area contributed by atoms with E-state index >= 15 is 0 Å². The number of amides is 1. The summed E-state index contributed by atoms with van der Waals surface area (Å²) in [6.45, 7) is 3.00. The van der Waals surface area contributed by atoms with Crippen molar-refractivity contribution in [3.05, 3.63) is 72.3 Å². The van der Waals surface area contributed by atoms with E-state index in [4.69, 9.17) is 0 Å². The van der Waals surface area contributed by atoms with E-state index in [2.05, 4.69) is 65.4 Å². The van der Waals surface area contributed by atoms with Gasteiger partial charge in [-0.15, -0.1) is 0 Å². The Morgan fingerprint density at radius 3 is 2.54 bits per heavy atom. The first-order valence-corrected chi connectivity index (χ1v) is 9.89. The van der Waals surface area contributed by atoms with Gasteiger partial charge in [-0.25, -0.2) is 9.67 Å². The normalized spacial score (nSPS) is 12.2. The SMILES string of the molecule is C[C@@H](c1ccc(-n2cncn2)cc1)N(C)Cc1cccc(SC(=O)N(C)C)c1. The van der Waals surface area contributed by atoms with E-state index in [1.807, 2.05) is 12.1 Å².